The number of hydrogen-bond donors (Lipinski definition) is 1. The van der Waals surface area contributed by atoms with Crippen molar-refractivity contribution in [2.24, 2.45) is 5.92 Å². The first-order valence-corrected chi connectivity index (χ1v) is 11.7. The Morgan fingerprint density at radius 3 is 2.62 bits per heavy atom. The number of nitrogens with zero attached hydrogens (tertiary/aromatic N) is 1. The molecule has 0 spiro atoms. The molecule has 1 aromatic rings. The van der Waals surface area contributed by atoms with Crippen LogP contribution in [0.3, 0.4) is 0 Å². The molecule has 24 heavy (non-hydrogen) atoms. The Kier molecular flexibility index (Phi) is 5.01. The third-order valence-electron chi connectivity index (χ3n) is 4.82. The number of piperidine rings is 1. The van der Waals surface area contributed by atoms with Gasteiger partial charge in [-0.2, -0.15) is 4.31 Å². The summed E-state index contributed by atoms with van der Waals surface area (Å²) in [4.78, 5) is 0.361. The summed E-state index contributed by atoms with van der Waals surface area (Å²) in [6.07, 6.45) is 5.76. The van der Waals surface area contributed by atoms with E-state index < -0.39 is 20.0 Å². The molecule has 1 heterocycles. The molecule has 1 aromatic carbocycles. The molecule has 8 heteroatoms. The average molecular weight is 373 g/mol. The predicted octanol–water partition coefficient (Wildman–Crippen LogP) is 1.13. The molecule has 1 saturated heterocycles. The van der Waals surface area contributed by atoms with Gasteiger partial charge in [-0.05, 0) is 61.3 Å². The van der Waals surface area contributed by atoms with Crippen molar-refractivity contribution in [1.82, 2.24) is 9.03 Å². The molecule has 2 aliphatic rings. The monoisotopic (exact) mass is 372 g/mol. The fourth-order valence-corrected chi connectivity index (χ4v) is 5.68. The maximum atomic E-state index is 12.9. The second-order valence-electron chi connectivity index (χ2n) is 6.78. The van der Waals surface area contributed by atoms with E-state index >= 15 is 0 Å². The van der Waals surface area contributed by atoms with E-state index in [4.69, 9.17) is 0 Å². The first-order chi connectivity index (χ1) is 11.3. The van der Waals surface area contributed by atoms with E-state index in [1.54, 1.807) is 6.07 Å². The van der Waals surface area contributed by atoms with Gasteiger partial charge in [0.2, 0.25) is 20.0 Å². The van der Waals surface area contributed by atoms with Gasteiger partial charge in [-0.25, -0.2) is 21.6 Å². The van der Waals surface area contributed by atoms with Crippen LogP contribution in [-0.2, 0) is 32.9 Å². The van der Waals surface area contributed by atoms with Gasteiger partial charge in [-0.1, -0.05) is 6.07 Å². The van der Waals surface area contributed by atoms with Crippen molar-refractivity contribution in [3.63, 3.8) is 0 Å². The SMILES string of the molecule is CS(=O)(=O)NCC1CCCN(S(=O)(=O)c2ccc3c(c2)CCC3)C1. The summed E-state index contributed by atoms with van der Waals surface area (Å²) in [5.74, 6) is 0.0117. The highest BCUT2D eigenvalue weighted by molar-refractivity contribution is 7.89. The molecule has 0 bridgehead atoms. The second-order valence-corrected chi connectivity index (χ2v) is 10.5. The van der Waals surface area contributed by atoms with Crippen molar-refractivity contribution in [1.29, 1.82) is 0 Å². The molecule has 0 saturated carbocycles. The molecule has 0 radical (unpaired) electrons. The van der Waals surface area contributed by atoms with Crippen LogP contribution in [0, 0.1) is 5.92 Å². The molecule has 0 amide bonds. The maximum absolute atomic E-state index is 12.9. The number of benzene rings is 1. The summed E-state index contributed by atoms with van der Waals surface area (Å²) in [7, 11) is -6.77. The molecule has 1 aliphatic carbocycles. The molecule has 134 valence electrons. The number of rotatable bonds is 5. The van der Waals surface area contributed by atoms with Crippen LogP contribution < -0.4 is 4.72 Å². The van der Waals surface area contributed by atoms with Crippen molar-refractivity contribution in [2.75, 3.05) is 25.9 Å². The molecular weight excluding hydrogens is 348 g/mol. The summed E-state index contributed by atoms with van der Waals surface area (Å²) in [6.45, 7) is 1.14. The van der Waals surface area contributed by atoms with Crippen LogP contribution in [0.5, 0.6) is 0 Å². The van der Waals surface area contributed by atoms with Gasteiger partial charge in [0.15, 0.2) is 0 Å². The molecule has 3 rings (SSSR count). The first-order valence-electron chi connectivity index (χ1n) is 8.32. The predicted molar refractivity (Wildman–Crippen MR) is 92.8 cm³/mol. The lowest BCUT2D eigenvalue weighted by atomic mass is 10.0. The highest BCUT2D eigenvalue weighted by Gasteiger charge is 2.31. The summed E-state index contributed by atoms with van der Waals surface area (Å²) in [6, 6.07) is 5.45. The van der Waals surface area contributed by atoms with E-state index in [-0.39, 0.29) is 12.5 Å². The molecular formula is C16H24N2O4S2. The molecule has 1 atom stereocenters. The Morgan fingerprint density at radius 2 is 1.88 bits per heavy atom. The minimum Gasteiger partial charge on any atom is -0.215 e. The van der Waals surface area contributed by atoms with E-state index in [0.717, 1.165) is 43.9 Å². The Bertz CT molecular complexity index is 818. The summed E-state index contributed by atoms with van der Waals surface area (Å²) >= 11 is 0. The Morgan fingerprint density at radius 1 is 1.12 bits per heavy atom. The van der Waals surface area contributed by atoms with Crippen LogP contribution in [0.1, 0.15) is 30.4 Å². The van der Waals surface area contributed by atoms with Crippen LogP contribution in [0.25, 0.3) is 0 Å². The second kappa shape index (κ2) is 6.74. The van der Waals surface area contributed by atoms with E-state index in [1.165, 1.54) is 9.87 Å². The van der Waals surface area contributed by atoms with E-state index in [9.17, 15) is 16.8 Å². The highest BCUT2D eigenvalue weighted by atomic mass is 32.2. The molecule has 0 aromatic heterocycles. The first kappa shape index (κ1) is 17.8. The third-order valence-corrected chi connectivity index (χ3v) is 7.38. The molecule has 1 aliphatic heterocycles. The Balaban J connectivity index is 1.74. The van der Waals surface area contributed by atoms with Crippen molar-refractivity contribution < 1.29 is 16.8 Å². The van der Waals surface area contributed by atoms with E-state index in [1.807, 2.05) is 12.1 Å². The maximum Gasteiger partial charge on any atom is 0.243 e. The normalized spacial score (nSPS) is 22.5. The minimum absolute atomic E-state index is 0.0117. The molecule has 1 N–H and O–H groups in total. The molecule has 1 unspecified atom stereocenters. The standard InChI is InChI=1S/C16H24N2O4S2/c1-23(19,20)17-11-13-4-3-9-18(12-13)24(21,22)16-8-7-14-5-2-6-15(14)10-16/h7-8,10,13,17H,2-6,9,11-12H2,1H3. The third kappa shape index (κ3) is 3.99. The van der Waals surface area contributed by atoms with Gasteiger partial charge in [0.1, 0.15) is 0 Å². The number of fused-ring (bicyclic) bond motifs is 1. The number of sulfonamides is 2. The van der Waals surface area contributed by atoms with E-state index in [0.29, 0.717) is 18.0 Å². The topological polar surface area (TPSA) is 83.6 Å². The zero-order chi connectivity index (χ0) is 17.4. The Labute approximate surface area is 144 Å². The number of aryl methyl sites for hydroxylation is 2. The van der Waals surface area contributed by atoms with Crippen LogP contribution in [0.2, 0.25) is 0 Å². The zero-order valence-electron chi connectivity index (χ0n) is 13.9. The summed E-state index contributed by atoms with van der Waals surface area (Å²) in [5.41, 5.74) is 2.39. The quantitative estimate of drug-likeness (QED) is 0.840. The van der Waals surface area contributed by atoms with Crippen molar-refractivity contribution in [2.45, 2.75) is 37.0 Å². The molecule has 6 nitrogen and oxygen atoms in total. The van der Waals surface area contributed by atoms with Gasteiger partial charge >= 0.3 is 0 Å². The van der Waals surface area contributed by atoms with Gasteiger partial charge in [-0.15, -0.1) is 0 Å². The lowest BCUT2D eigenvalue weighted by Gasteiger charge is -2.32. The smallest absolute Gasteiger partial charge is 0.215 e. The van der Waals surface area contributed by atoms with E-state index in [2.05, 4.69) is 4.72 Å². The minimum atomic E-state index is -3.51. The van der Waals surface area contributed by atoms with Gasteiger partial charge < -0.3 is 0 Å². The van der Waals surface area contributed by atoms with Crippen LogP contribution in [-0.4, -0.2) is 47.0 Å². The zero-order valence-corrected chi connectivity index (χ0v) is 15.5. The largest absolute Gasteiger partial charge is 0.243 e. The van der Waals surface area contributed by atoms with Gasteiger partial charge in [0.05, 0.1) is 11.2 Å². The lowest BCUT2D eigenvalue weighted by molar-refractivity contribution is 0.267. The Hall–Kier alpha value is -0.960. The van der Waals surface area contributed by atoms with Gasteiger partial charge in [-0.3, -0.25) is 0 Å². The van der Waals surface area contributed by atoms with Gasteiger partial charge in [0.25, 0.3) is 0 Å². The lowest BCUT2D eigenvalue weighted by Crippen LogP contribution is -2.43. The number of nitrogens with one attached hydrogen (secondary N) is 1. The van der Waals surface area contributed by atoms with Crippen LogP contribution >= 0.6 is 0 Å². The molecule has 1 fully saturated rings. The summed E-state index contributed by atoms with van der Waals surface area (Å²) in [5, 5.41) is 0. The van der Waals surface area contributed by atoms with Crippen molar-refractivity contribution in [3.8, 4) is 0 Å². The fourth-order valence-electron chi connectivity index (χ4n) is 3.54. The van der Waals surface area contributed by atoms with Crippen LogP contribution in [0.4, 0.5) is 0 Å². The average Bonchev–Trinajstić information content (AvgIpc) is 3.00. The highest BCUT2D eigenvalue weighted by Crippen LogP contribution is 2.28. The van der Waals surface area contributed by atoms with Crippen molar-refractivity contribution in [3.05, 3.63) is 29.3 Å². The fraction of sp³-hybridized carbons (Fsp3) is 0.625. The summed E-state index contributed by atoms with van der Waals surface area (Å²) < 4.78 is 52.3. The van der Waals surface area contributed by atoms with Gasteiger partial charge in [0, 0.05) is 19.6 Å². The van der Waals surface area contributed by atoms with Crippen molar-refractivity contribution >= 4 is 20.0 Å². The number of hydrogen-bond acceptors (Lipinski definition) is 4. The van der Waals surface area contributed by atoms with Crippen LogP contribution in [0.15, 0.2) is 23.1 Å².